The first-order valence-corrected chi connectivity index (χ1v) is 8.27. The van der Waals surface area contributed by atoms with E-state index in [-0.39, 0.29) is 36.9 Å². The fraction of sp³-hybridized carbons (Fsp3) is 0.429. The highest BCUT2D eigenvalue weighted by molar-refractivity contribution is 7.89. The number of carboxylic acids is 1. The monoisotopic (exact) mass is 327 g/mol. The van der Waals surface area contributed by atoms with E-state index in [1.54, 1.807) is 13.0 Å². The third-order valence-corrected chi connectivity index (χ3v) is 5.35. The molecule has 1 atom stereocenters. The summed E-state index contributed by atoms with van der Waals surface area (Å²) in [7, 11) is -4.00. The first-order valence-electron chi connectivity index (χ1n) is 6.83. The number of ether oxygens (including phenoxy) is 1. The highest BCUT2D eigenvalue weighted by Gasteiger charge is 2.38. The average Bonchev–Trinajstić information content (AvgIpc) is 2.54. The number of nitrogens with zero attached hydrogens (tertiary/aromatic N) is 1. The molecule has 1 aromatic rings. The Balaban J connectivity index is 2.41. The number of benzene rings is 1. The zero-order valence-corrected chi connectivity index (χ0v) is 12.9. The smallest absolute Gasteiger partial charge is 0.324 e. The van der Waals surface area contributed by atoms with Crippen molar-refractivity contribution in [1.82, 2.24) is 4.31 Å². The topological polar surface area (TPSA) is 101 Å². The fourth-order valence-corrected chi connectivity index (χ4v) is 3.84. The maximum Gasteiger partial charge on any atom is 0.324 e. The highest BCUT2D eigenvalue weighted by atomic mass is 32.2. The van der Waals surface area contributed by atoms with Gasteiger partial charge in [-0.3, -0.25) is 9.59 Å². The second kappa shape index (κ2) is 6.55. The van der Waals surface area contributed by atoms with Crippen LogP contribution in [0.15, 0.2) is 29.2 Å². The molecule has 1 aliphatic rings. The van der Waals surface area contributed by atoms with Gasteiger partial charge < -0.3 is 9.84 Å². The first kappa shape index (κ1) is 16.6. The number of sulfonamides is 1. The van der Waals surface area contributed by atoms with Gasteiger partial charge in [0.05, 0.1) is 18.1 Å². The summed E-state index contributed by atoms with van der Waals surface area (Å²) in [5, 5.41) is 9.16. The second-order valence-corrected chi connectivity index (χ2v) is 6.74. The van der Waals surface area contributed by atoms with Crippen LogP contribution in [0, 0.1) is 0 Å². The SMILES string of the molecule is CCC(=O)c1cccc(S(=O)(=O)N2CCOCC2C(=O)O)c1. The van der Waals surface area contributed by atoms with E-state index in [1.807, 2.05) is 0 Å². The van der Waals surface area contributed by atoms with E-state index in [9.17, 15) is 18.0 Å². The Kier molecular flexibility index (Phi) is 4.94. The van der Waals surface area contributed by atoms with E-state index in [0.717, 1.165) is 4.31 Å². The van der Waals surface area contributed by atoms with Crippen molar-refractivity contribution in [2.45, 2.75) is 24.3 Å². The first-order chi connectivity index (χ1) is 10.4. The number of hydrogen-bond acceptors (Lipinski definition) is 5. The molecule has 120 valence electrons. The predicted molar refractivity (Wildman–Crippen MR) is 77.2 cm³/mol. The van der Waals surface area contributed by atoms with Crippen molar-refractivity contribution < 1.29 is 27.9 Å². The largest absolute Gasteiger partial charge is 0.480 e. The number of Topliss-reactive ketones (excluding diaryl/α,β-unsaturated/α-hetero) is 1. The van der Waals surface area contributed by atoms with Gasteiger partial charge in [0.15, 0.2) is 5.78 Å². The van der Waals surface area contributed by atoms with Gasteiger partial charge in [0, 0.05) is 18.5 Å². The van der Waals surface area contributed by atoms with Gasteiger partial charge in [0.1, 0.15) is 6.04 Å². The van der Waals surface area contributed by atoms with E-state index in [0.29, 0.717) is 5.56 Å². The minimum absolute atomic E-state index is 0.0365. The van der Waals surface area contributed by atoms with Crippen LogP contribution in [0.4, 0.5) is 0 Å². The number of ketones is 1. The summed E-state index contributed by atoms with van der Waals surface area (Å²) >= 11 is 0. The van der Waals surface area contributed by atoms with Gasteiger partial charge in [-0.1, -0.05) is 19.1 Å². The number of rotatable bonds is 5. The maximum absolute atomic E-state index is 12.7. The van der Waals surface area contributed by atoms with Gasteiger partial charge in [-0.15, -0.1) is 0 Å². The average molecular weight is 327 g/mol. The van der Waals surface area contributed by atoms with Crippen LogP contribution in [0.1, 0.15) is 23.7 Å². The molecule has 1 aliphatic heterocycles. The third kappa shape index (κ3) is 3.18. The molecule has 7 nitrogen and oxygen atoms in total. The zero-order chi connectivity index (χ0) is 16.3. The van der Waals surface area contributed by atoms with E-state index in [4.69, 9.17) is 9.84 Å². The quantitative estimate of drug-likeness (QED) is 0.801. The van der Waals surface area contributed by atoms with Gasteiger partial charge >= 0.3 is 5.97 Å². The summed E-state index contributed by atoms with van der Waals surface area (Å²) in [4.78, 5) is 22.9. The summed E-state index contributed by atoms with van der Waals surface area (Å²) in [6.45, 7) is 1.59. The molecule has 0 spiro atoms. The Morgan fingerprint density at radius 2 is 2.14 bits per heavy atom. The number of carboxylic acid groups (broad SMARTS) is 1. The molecular weight excluding hydrogens is 310 g/mol. The summed E-state index contributed by atoms with van der Waals surface area (Å²) < 4.78 is 31.3. The van der Waals surface area contributed by atoms with Gasteiger partial charge in [0.2, 0.25) is 10.0 Å². The molecule has 1 fully saturated rings. The van der Waals surface area contributed by atoms with Crippen LogP contribution in [0.2, 0.25) is 0 Å². The summed E-state index contributed by atoms with van der Waals surface area (Å²) in [6.07, 6.45) is 0.263. The van der Waals surface area contributed by atoms with Crippen LogP contribution < -0.4 is 0 Å². The minimum atomic E-state index is -4.00. The second-order valence-electron chi connectivity index (χ2n) is 4.85. The number of hydrogen-bond donors (Lipinski definition) is 1. The number of carbonyl (C=O) groups excluding carboxylic acids is 1. The van der Waals surface area contributed by atoms with E-state index in [1.165, 1.54) is 18.2 Å². The van der Waals surface area contributed by atoms with Crippen LogP contribution in [-0.2, 0) is 19.6 Å². The van der Waals surface area contributed by atoms with E-state index < -0.39 is 22.0 Å². The molecule has 0 radical (unpaired) electrons. The molecule has 0 aliphatic carbocycles. The molecule has 0 bridgehead atoms. The molecule has 1 heterocycles. The lowest BCUT2D eigenvalue weighted by atomic mass is 10.1. The molecule has 2 rings (SSSR count). The molecular formula is C14H17NO6S. The van der Waals surface area contributed by atoms with Crippen molar-refractivity contribution in [3.05, 3.63) is 29.8 Å². The van der Waals surface area contributed by atoms with Gasteiger partial charge in [-0.2, -0.15) is 4.31 Å². The Labute approximate surface area is 128 Å². The lowest BCUT2D eigenvalue weighted by Gasteiger charge is -2.31. The van der Waals surface area contributed by atoms with Crippen LogP contribution in [0.25, 0.3) is 0 Å². The summed E-state index contributed by atoms with van der Waals surface area (Å²) in [6, 6.07) is 4.40. The standard InChI is InChI=1S/C14H17NO6S/c1-2-13(16)10-4-3-5-11(8-10)22(19,20)15-6-7-21-9-12(15)14(17)18/h3-5,8,12H,2,6-7,9H2,1H3,(H,17,18). The molecule has 1 N–H and O–H groups in total. The molecule has 1 aromatic carbocycles. The summed E-state index contributed by atoms with van der Waals surface area (Å²) in [5.41, 5.74) is 0.295. The van der Waals surface area contributed by atoms with E-state index in [2.05, 4.69) is 0 Å². The van der Waals surface area contributed by atoms with E-state index >= 15 is 0 Å². The van der Waals surface area contributed by atoms with Gasteiger partial charge in [-0.05, 0) is 12.1 Å². The van der Waals surface area contributed by atoms with Crippen molar-refractivity contribution in [2.75, 3.05) is 19.8 Å². The molecule has 0 amide bonds. The Morgan fingerprint density at radius 1 is 1.41 bits per heavy atom. The van der Waals surface area contributed by atoms with Crippen molar-refractivity contribution in [3.8, 4) is 0 Å². The van der Waals surface area contributed by atoms with Crippen LogP contribution in [0.3, 0.4) is 0 Å². The molecule has 22 heavy (non-hydrogen) atoms. The molecule has 0 saturated carbocycles. The Bertz CT molecular complexity index is 684. The minimum Gasteiger partial charge on any atom is -0.480 e. The predicted octanol–water partition coefficient (Wildman–Crippen LogP) is 0.753. The van der Waals surface area contributed by atoms with Crippen molar-refractivity contribution >= 4 is 21.8 Å². The van der Waals surface area contributed by atoms with Crippen molar-refractivity contribution in [1.29, 1.82) is 0 Å². The molecule has 0 aromatic heterocycles. The lowest BCUT2D eigenvalue weighted by molar-refractivity contribution is -0.146. The van der Waals surface area contributed by atoms with Crippen LogP contribution in [0.5, 0.6) is 0 Å². The maximum atomic E-state index is 12.7. The van der Waals surface area contributed by atoms with Crippen LogP contribution in [-0.4, -0.2) is 55.4 Å². The third-order valence-electron chi connectivity index (χ3n) is 3.45. The fourth-order valence-electron chi connectivity index (χ4n) is 2.24. The van der Waals surface area contributed by atoms with Crippen molar-refractivity contribution in [2.24, 2.45) is 0 Å². The molecule has 1 unspecified atom stereocenters. The Morgan fingerprint density at radius 3 is 2.77 bits per heavy atom. The molecule has 1 saturated heterocycles. The Hall–Kier alpha value is -1.77. The van der Waals surface area contributed by atoms with Gasteiger partial charge in [0.25, 0.3) is 0 Å². The number of morpholine rings is 1. The van der Waals surface area contributed by atoms with Crippen molar-refractivity contribution in [3.63, 3.8) is 0 Å². The zero-order valence-electron chi connectivity index (χ0n) is 12.1. The highest BCUT2D eigenvalue weighted by Crippen LogP contribution is 2.22. The number of carbonyl (C=O) groups is 2. The van der Waals surface area contributed by atoms with Crippen LogP contribution >= 0.6 is 0 Å². The normalized spacial score (nSPS) is 19.8. The molecule has 8 heteroatoms. The number of aliphatic carboxylic acids is 1. The van der Waals surface area contributed by atoms with Gasteiger partial charge in [-0.25, -0.2) is 8.42 Å². The lowest BCUT2D eigenvalue weighted by Crippen LogP contribution is -2.52. The summed E-state index contributed by atoms with van der Waals surface area (Å²) in [5.74, 6) is -1.43.